The van der Waals surface area contributed by atoms with Gasteiger partial charge in [-0.1, -0.05) is 54.1 Å². The lowest BCUT2D eigenvalue weighted by Crippen LogP contribution is -2.46. The number of rotatable bonds is 12. The maximum absolute atomic E-state index is 11.4. The van der Waals surface area contributed by atoms with Gasteiger partial charge in [0.2, 0.25) is 0 Å². The fourth-order valence-corrected chi connectivity index (χ4v) is 4.57. The Morgan fingerprint density at radius 3 is 2.51 bits per heavy atom. The Hall–Kier alpha value is -2.90. The monoisotopic (exact) mass is 525 g/mol. The van der Waals surface area contributed by atoms with E-state index in [0.717, 1.165) is 28.7 Å². The largest absolute Gasteiger partial charge is 0.495 e. The van der Waals surface area contributed by atoms with Gasteiger partial charge in [-0.15, -0.1) is 0 Å². The van der Waals surface area contributed by atoms with Gasteiger partial charge in [0.05, 0.1) is 36.5 Å². The van der Waals surface area contributed by atoms with Crippen LogP contribution >= 0.6 is 11.6 Å². The van der Waals surface area contributed by atoms with Gasteiger partial charge in [0.25, 0.3) is 0 Å². The predicted molar refractivity (Wildman–Crippen MR) is 148 cm³/mol. The van der Waals surface area contributed by atoms with Crippen molar-refractivity contribution in [3.63, 3.8) is 0 Å². The molecule has 0 saturated heterocycles. The van der Waals surface area contributed by atoms with Crippen molar-refractivity contribution in [2.24, 2.45) is 0 Å². The minimum absolute atomic E-state index is 0.171. The zero-order chi connectivity index (χ0) is 27.2. The van der Waals surface area contributed by atoms with Crippen molar-refractivity contribution in [1.82, 2.24) is 5.32 Å². The lowest BCUT2D eigenvalue weighted by Gasteiger charge is -2.28. The van der Waals surface area contributed by atoms with E-state index >= 15 is 0 Å². The Morgan fingerprint density at radius 2 is 1.84 bits per heavy atom. The van der Waals surface area contributed by atoms with Gasteiger partial charge >= 0.3 is 5.97 Å². The Morgan fingerprint density at radius 1 is 1.11 bits per heavy atom. The highest BCUT2D eigenvalue weighted by Crippen LogP contribution is 2.31. The summed E-state index contributed by atoms with van der Waals surface area (Å²) in [6.45, 7) is 8.46. The van der Waals surface area contributed by atoms with Crippen LogP contribution in [0.25, 0.3) is 11.1 Å². The number of carbonyl (C=O) groups is 1. The molecule has 6 nitrogen and oxygen atoms in total. The number of methoxy groups -OCH3 is 1. The van der Waals surface area contributed by atoms with Crippen LogP contribution in [0.5, 0.6) is 5.75 Å². The van der Waals surface area contributed by atoms with Gasteiger partial charge in [0, 0.05) is 12.1 Å². The first-order valence-corrected chi connectivity index (χ1v) is 12.7. The number of aliphatic hydroxyl groups is 1. The van der Waals surface area contributed by atoms with Crippen LogP contribution in [0.15, 0.2) is 60.7 Å². The number of hydrogen-bond donors (Lipinski definition) is 3. The van der Waals surface area contributed by atoms with Crippen molar-refractivity contribution in [3.05, 3.63) is 87.9 Å². The number of nitrogens with one attached hydrogen (secondary N) is 1. The van der Waals surface area contributed by atoms with Crippen LogP contribution in [0.3, 0.4) is 0 Å². The first-order valence-electron chi connectivity index (χ1n) is 12.3. The molecule has 1 unspecified atom stereocenters. The minimum atomic E-state index is -0.937. The average Bonchev–Trinajstić information content (AvgIpc) is 2.86. The molecule has 2 atom stereocenters. The smallest absolute Gasteiger partial charge is 0.335 e. The molecule has 0 bridgehead atoms. The molecule has 7 heteroatoms. The normalized spacial score (nSPS) is 13.3. The second-order valence-electron chi connectivity index (χ2n) is 9.96. The third-order valence-corrected chi connectivity index (χ3v) is 6.70. The molecule has 0 spiro atoms. The number of ether oxygens (including phenoxy) is 2. The Bertz CT molecular complexity index is 1230. The summed E-state index contributed by atoms with van der Waals surface area (Å²) in [7, 11) is 1.60. The third-order valence-electron chi connectivity index (χ3n) is 6.38. The summed E-state index contributed by atoms with van der Waals surface area (Å²) >= 11 is 6.13. The molecule has 3 rings (SSSR count). The first-order chi connectivity index (χ1) is 17.5. The topological polar surface area (TPSA) is 88.0 Å². The Labute approximate surface area is 224 Å². The van der Waals surface area contributed by atoms with E-state index < -0.39 is 12.1 Å². The van der Waals surface area contributed by atoms with Crippen LogP contribution < -0.4 is 10.1 Å². The van der Waals surface area contributed by atoms with Gasteiger partial charge in [0.1, 0.15) is 5.75 Å². The van der Waals surface area contributed by atoms with Crippen LogP contribution in [0, 0.1) is 6.92 Å². The zero-order valence-corrected chi connectivity index (χ0v) is 22.8. The van der Waals surface area contributed by atoms with Crippen molar-refractivity contribution >= 4 is 17.6 Å². The summed E-state index contributed by atoms with van der Waals surface area (Å²) in [5.74, 6) is -0.293. The highest BCUT2D eigenvalue weighted by Gasteiger charge is 2.21. The van der Waals surface area contributed by atoms with Gasteiger partial charge < -0.3 is 25.0 Å². The molecule has 0 aliphatic rings. The molecule has 0 aliphatic heterocycles. The second kappa shape index (κ2) is 12.6. The highest BCUT2D eigenvalue weighted by atomic mass is 35.5. The Kier molecular flexibility index (Phi) is 9.74. The highest BCUT2D eigenvalue weighted by molar-refractivity contribution is 6.32. The summed E-state index contributed by atoms with van der Waals surface area (Å²) < 4.78 is 11.4. The van der Waals surface area contributed by atoms with Gasteiger partial charge in [-0.25, -0.2) is 4.79 Å². The molecule has 3 N–H and O–H groups in total. The molecule has 3 aromatic carbocycles. The molecule has 0 amide bonds. The van der Waals surface area contributed by atoms with Crippen molar-refractivity contribution < 1.29 is 24.5 Å². The molecular formula is C30H36ClNO5. The predicted octanol–water partition coefficient (Wildman–Crippen LogP) is 6.07. The Balaban J connectivity index is 1.59. The molecule has 0 aromatic heterocycles. The summed E-state index contributed by atoms with van der Waals surface area (Å²) in [5, 5.41) is 24.0. The number of β-amino-alcohol motifs (C(OH)–C–C–N with tert-alkyl or cyclic N) is 1. The second-order valence-corrected chi connectivity index (χ2v) is 10.4. The van der Waals surface area contributed by atoms with Crippen LogP contribution in [-0.2, 0) is 11.2 Å². The minimum Gasteiger partial charge on any atom is -0.495 e. The fraction of sp³-hybridized carbons (Fsp3) is 0.367. The molecule has 198 valence electrons. The van der Waals surface area contributed by atoms with E-state index in [1.54, 1.807) is 20.1 Å². The van der Waals surface area contributed by atoms with Gasteiger partial charge in [0.15, 0.2) is 0 Å². The number of halogens is 1. The molecule has 0 heterocycles. The quantitative estimate of drug-likeness (QED) is 0.266. The number of benzene rings is 3. The van der Waals surface area contributed by atoms with E-state index in [-0.39, 0.29) is 18.2 Å². The van der Waals surface area contributed by atoms with E-state index in [4.69, 9.17) is 21.1 Å². The van der Waals surface area contributed by atoms with Gasteiger partial charge in [-0.3, -0.25) is 0 Å². The van der Waals surface area contributed by atoms with Crippen molar-refractivity contribution in [1.29, 1.82) is 0 Å². The maximum atomic E-state index is 11.4. The average molecular weight is 526 g/mol. The summed E-state index contributed by atoms with van der Waals surface area (Å²) in [4.78, 5) is 11.4. The number of hydrogen-bond acceptors (Lipinski definition) is 5. The number of aliphatic hydroxyl groups excluding tert-OH is 1. The zero-order valence-electron chi connectivity index (χ0n) is 22.0. The van der Waals surface area contributed by atoms with E-state index in [0.29, 0.717) is 28.4 Å². The van der Waals surface area contributed by atoms with Crippen molar-refractivity contribution in [2.45, 2.75) is 51.9 Å². The molecule has 0 saturated carbocycles. The first kappa shape index (κ1) is 28.7. The van der Waals surface area contributed by atoms with Crippen molar-refractivity contribution in [2.75, 3.05) is 20.3 Å². The molecule has 0 radical (unpaired) electrons. The SMILES string of the molecule is COc1cc(CC(C)(C)NC[C@@H](O)COC(C)c2ccccc2-c2ccc(C(=O)O)c(C)c2)ccc1Cl. The van der Waals surface area contributed by atoms with Crippen LogP contribution in [0.2, 0.25) is 5.02 Å². The summed E-state index contributed by atoms with van der Waals surface area (Å²) in [6, 6.07) is 19.0. The molecule has 3 aromatic rings. The van der Waals surface area contributed by atoms with Crippen LogP contribution in [0.4, 0.5) is 0 Å². The third kappa shape index (κ3) is 7.79. The number of carboxylic acids is 1. The van der Waals surface area contributed by atoms with Gasteiger partial charge in [-0.05, 0) is 80.1 Å². The number of aryl methyl sites for hydroxylation is 1. The summed E-state index contributed by atoms with van der Waals surface area (Å²) in [5.41, 5.74) is 4.69. The van der Waals surface area contributed by atoms with Crippen LogP contribution in [-0.4, -0.2) is 48.1 Å². The molecule has 0 aliphatic carbocycles. The van der Waals surface area contributed by atoms with E-state index in [1.165, 1.54) is 0 Å². The van der Waals surface area contributed by atoms with E-state index in [1.807, 2.05) is 61.5 Å². The number of aromatic carboxylic acids is 1. The maximum Gasteiger partial charge on any atom is 0.335 e. The van der Waals surface area contributed by atoms with Crippen LogP contribution in [0.1, 0.15) is 53.9 Å². The van der Waals surface area contributed by atoms with Crippen molar-refractivity contribution in [3.8, 4) is 16.9 Å². The lowest BCUT2D eigenvalue weighted by atomic mass is 9.94. The molecule has 0 fully saturated rings. The van der Waals surface area contributed by atoms with E-state index in [2.05, 4.69) is 19.2 Å². The number of carboxylic acid groups (broad SMARTS) is 1. The standard InChI is InChI=1S/C30H36ClNO5/c1-19-14-22(11-12-24(19)29(34)35)26-9-7-6-8-25(26)20(2)37-18-23(33)17-32-30(3,4)16-21-10-13-27(31)28(15-21)36-5/h6-15,20,23,32-33H,16-18H2,1-5H3,(H,34,35)/t20?,23-/m1/s1. The van der Waals surface area contributed by atoms with Gasteiger partial charge in [-0.2, -0.15) is 0 Å². The molecular weight excluding hydrogens is 490 g/mol. The fourth-order valence-electron chi connectivity index (χ4n) is 4.37. The summed E-state index contributed by atoms with van der Waals surface area (Å²) in [6.07, 6.45) is -0.219. The lowest BCUT2D eigenvalue weighted by molar-refractivity contribution is -0.00397. The molecule has 37 heavy (non-hydrogen) atoms. The van der Waals surface area contributed by atoms with E-state index in [9.17, 15) is 15.0 Å².